The highest BCUT2D eigenvalue weighted by Crippen LogP contribution is 2.34. The smallest absolute Gasteiger partial charge is 0.0645 e. The normalized spacial score (nSPS) is 23.2. The first-order valence-electron chi connectivity index (χ1n) is 6.58. The van der Waals surface area contributed by atoms with Gasteiger partial charge in [0.25, 0.3) is 0 Å². The number of rotatable bonds is 1. The van der Waals surface area contributed by atoms with E-state index < -0.39 is 0 Å². The van der Waals surface area contributed by atoms with Crippen LogP contribution in [0.15, 0.2) is 12.1 Å². The fraction of sp³-hybridized carbons (Fsp3) is 0.600. The zero-order valence-corrected chi connectivity index (χ0v) is 12.7. The van der Waals surface area contributed by atoms with E-state index in [0.717, 1.165) is 18.1 Å². The summed E-state index contributed by atoms with van der Waals surface area (Å²) in [6.07, 6.45) is 0. The molecular weight excluding hydrogens is 244 g/mol. The lowest BCUT2D eigenvalue weighted by Gasteiger charge is -2.45. The van der Waals surface area contributed by atoms with Crippen LogP contribution in [0.3, 0.4) is 0 Å². The van der Waals surface area contributed by atoms with Gasteiger partial charge in [-0.1, -0.05) is 17.7 Å². The highest BCUT2D eigenvalue weighted by Gasteiger charge is 2.31. The summed E-state index contributed by atoms with van der Waals surface area (Å²) >= 11 is 6.46. The van der Waals surface area contributed by atoms with Crippen molar-refractivity contribution in [2.24, 2.45) is 0 Å². The van der Waals surface area contributed by atoms with E-state index in [9.17, 15) is 0 Å². The van der Waals surface area contributed by atoms with E-state index in [1.165, 1.54) is 16.8 Å². The van der Waals surface area contributed by atoms with Crippen LogP contribution in [0, 0.1) is 13.8 Å². The number of hydrogen-bond acceptors (Lipinski definition) is 2. The second kappa shape index (κ2) is 4.75. The monoisotopic (exact) mass is 266 g/mol. The third kappa shape index (κ3) is 2.65. The fourth-order valence-corrected chi connectivity index (χ4v) is 3.17. The molecule has 18 heavy (non-hydrogen) atoms. The van der Waals surface area contributed by atoms with Crippen molar-refractivity contribution in [2.75, 3.05) is 18.0 Å². The first-order valence-corrected chi connectivity index (χ1v) is 6.96. The second-order valence-electron chi connectivity index (χ2n) is 6.15. The molecule has 100 valence electrons. The molecule has 1 fully saturated rings. The zero-order valence-electron chi connectivity index (χ0n) is 12.0. The minimum Gasteiger partial charge on any atom is -0.364 e. The maximum atomic E-state index is 6.46. The van der Waals surface area contributed by atoms with Gasteiger partial charge in [-0.25, -0.2) is 0 Å². The summed E-state index contributed by atoms with van der Waals surface area (Å²) in [6.45, 7) is 12.9. The molecule has 1 unspecified atom stereocenters. The van der Waals surface area contributed by atoms with Gasteiger partial charge in [-0.3, -0.25) is 0 Å². The number of hydrogen-bond donors (Lipinski definition) is 1. The Balaban J connectivity index is 2.41. The van der Waals surface area contributed by atoms with Crippen LogP contribution in [0.5, 0.6) is 0 Å². The van der Waals surface area contributed by atoms with E-state index in [-0.39, 0.29) is 5.54 Å². The van der Waals surface area contributed by atoms with Gasteiger partial charge in [0.1, 0.15) is 0 Å². The van der Waals surface area contributed by atoms with Gasteiger partial charge in [0, 0.05) is 24.7 Å². The highest BCUT2D eigenvalue weighted by molar-refractivity contribution is 6.33. The lowest BCUT2D eigenvalue weighted by Crippen LogP contribution is -2.61. The third-order valence-electron chi connectivity index (χ3n) is 3.66. The number of nitrogens with one attached hydrogen (secondary N) is 1. The van der Waals surface area contributed by atoms with E-state index in [4.69, 9.17) is 11.6 Å². The van der Waals surface area contributed by atoms with Crippen molar-refractivity contribution in [3.63, 3.8) is 0 Å². The summed E-state index contributed by atoms with van der Waals surface area (Å²) in [5.74, 6) is 0. The molecule has 1 aliphatic heterocycles. The summed E-state index contributed by atoms with van der Waals surface area (Å²) in [6, 6.07) is 4.74. The Morgan fingerprint density at radius 2 is 2.00 bits per heavy atom. The van der Waals surface area contributed by atoms with Crippen LogP contribution < -0.4 is 10.2 Å². The van der Waals surface area contributed by atoms with Crippen LogP contribution in [-0.4, -0.2) is 24.7 Å². The van der Waals surface area contributed by atoms with Crippen LogP contribution in [0.2, 0.25) is 5.02 Å². The van der Waals surface area contributed by atoms with E-state index in [0.29, 0.717) is 6.04 Å². The Hall–Kier alpha value is -0.730. The molecule has 0 bridgehead atoms. The Labute approximate surface area is 115 Å². The first-order chi connectivity index (χ1) is 8.30. The van der Waals surface area contributed by atoms with Crippen LogP contribution >= 0.6 is 11.6 Å². The molecular formula is C15H23ClN2. The predicted molar refractivity (Wildman–Crippen MR) is 79.8 cm³/mol. The van der Waals surface area contributed by atoms with Gasteiger partial charge in [0.05, 0.1) is 10.7 Å². The average molecular weight is 267 g/mol. The van der Waals surface area contributed by atoms with Crippen LogP contribution in [0.4, 0.5) is 5.69 Å². The maximum Gasteiger partial charge on any atom is 0.0645 e. The van der Waals surface area contributed by atoms with E-state index >= 15 is 0 Å². The van der Waals surface area contributed by atoms with Crippen molar-refractivity contribution in [1.82, 2.24) is 5.32 Å². The second-order valence-corrected chi connectivity index (χ2v) is 6.56. The Bertz CT molecular complexity index is 431. The molecule has 2 nitrogen and oxygen atoms in total. The van der Waals surface area contributed by atoms with Gasteiger partial charge in [-0.2, -0.15) is 0 Å². The van der Waals surface area contributed by atoms with Gasteiger partial charge in [-0.15, -0.1) is 0 Å². The number of nitrogens with zero attached hydrogens (tertiary/aromatic N) is 1. The molecule has 1 saturated heterocycles. The number of piperazine rings is 1. The molecule has 1 aromatic carbocycles. The summed E-state index contributed by atoms with van der Waals surface area (Å²) in [5.41, 5.74) is 3.82. The van der Waals surface area contributed by atoms with Crippen molar-refractivity contribution in [3.8, 4) is 0 Å². The minimum absolute atomic E-state index is 0.132. The topological polar surface area (TPSA) is 15.3 Å². The Kier molecular flexibility index (Phi) is 3.61. The van der Waals surface area contributed by atoms with Crippen LogP contribution in [0.1, 0.15) is 31.9 Å². The van der Waals surface area contributed by atoms with Gasteiger partial charge in [0.2, 0.25) is 0 Å². The fourth-order valence-electron chi connectivity index (χ4n) is 2.74. The lowest BCUT2D eigenvalue weighted by molar-refractivity contribution is 0.318. The van der Waals surface area contributed by atoms with E-state index in [2.05, 4.69) is 57.0 Å². The van der Waals surface area contributed by atoms with Crippen molar-refractivity contribution in [3.05, 3.63) is 28.3 Å². The molecule has 0 saturated carbocycles. The summed E-state index contributed by atoms with van der Waals surface area (Å²) in [5, 5.41) is 4.45. The molecule has 0 aliphatic carbocycles. The summed E-state index contributed by atoms with van der Waals surface area (Å²) in [7, 11) is 0. The van der Waals surface area contributed by atoms with Gasteiger partial charge < -0.3 is 10.2 Å². The minimum atomic E-state index is 0.132. The molecule has 1 aromatic rings. The van der Waals surface area contributed by atoms with E-state index in [1.54, 1.807) is 0 Å². The lowest BCUT2D eigenvalue weighted by atomic mass is 9.97. The summed E-state index contributed by atoms with van der Waals surface area (Å²) < 4.78 is 0. The number of aryl methyl sites for hydroxylation is 2. The average Bonchev–Trinajstić information content (AvgIpc) is 2.21. The van der Waals surface area contributed by atoms with Crippen LogP contribution in [0.25, 0.3) is 0 Å². The van der Waals surface area contributed by atoms with E-state index in [1.807, 2.05) is 0 Å². The number of anilines is 1. The quantitative estimate of drug-likeness (QED) is 0.837. The molecule has 2 rings (SSSR count). The molecule has 0 aromatic heterocycles. The molecule has 0 spiro atoms. The SMILES string of the molecule is Cc1cc(C)c(N2CC(C)(C)NCC2C)c(Cl)c1. The van der Waals surface area contributed by atoms with Crippen molar-refractivity contribution in [2.45, 2.75) is 46.2 Å². The molecule has 1 N–H and O–H groups in total. The number of halogens is 1. The number of benzene rings is 1. The molecule has 1 heterocycles. The van der Waals surface area contributed by atoms with Gasteiger partial charge in [0.15, 0.2) is 0 Å². The zero-order chi connectivity index (χ0) is 13.5. The van der Waals surface area contributed by atoms with Gasteiger partial charge >= 0.3 is 0 Å². The third-order valence-corrected chi connectivity index (χ3v) is 3.95. The highest BCUT2D eigenvalue weighted by atomic mass is 35.5. The molecule has 1 aliphatic rings. The summed E-state index contributed by atoms with van der Waals surface area (Å²) in [4.78, 5) is 2.44. The maximum absolute atomic E-state index is 6.46. The van der Waals surface area contributed by atoms with Crippen molar-refractivity contribution in [1.29, 1.82) is 0 Å². The first kappa shape index (κ1) is 13.7. The van der Waals surface area contributed by atoms with Gasteiger partial charge in [-0.05, 0) is 51.8 Å². The predicted octanol–water partition coefficient (Wildman–Crippen LogP) is 3.53. The standard InChI is InChI=1S/C15H23ClN2/c1-10-6-11(2)14(13(16)7-10)18-9-15(4,5)17-8-12(18)3/h6-7,12,17H,8-9H2,1-5H3. The molecule has 1 atom stereocenters. The van der Waals surface area contributed by atoms with Crippen molar-refractivity contribution < 1.29 is 0 Å². The molecule has 3 heteroatoms. The molecule has 0 radical (unpaired) electrons. The van der Waals surface area contributed by atoms with Crippen LogP contribution in [-0.2, 0) is 0 Å². The largest absolute Gasteiger partial charge is 0.364 e. The Morgan fingerprint density at radius 3 is 2.61 bits per heavy atom. The molecule has 0 amide bonds. The Morgan fingerprint density at radius 1 is 1.33 bits per heavy atom. The van der Waals surface area contributed by atoms with Crippen molar-refractivity contribution >= 4 is 17.3 Å².